The Balaban J connectivity index is 1.54. The number of hydrogen-bond donors (Lipinski definition) is 1. The largest absolute Gasteiger partial charge is 0.347 e. The molecule has 2 aromatic heterocycles. The topological polar surface area (TPSA) is 58.9 Å². The Kier molecular flexibility index (Phi) is 5.18. The molecule has 1 unspecified atom stereocenters. The summed E-state index contributed by atoms with van der Waals surface area (Å²) >= 11 is 1.72. The van der Waals surface area contributed by atoms with Crippen LogP contribution in [0.25, 0.3) is 5.70 Å². The first-order chi connectivity index (χ1) is 14.0. The van der Waals surface area contributed by atoms with Crippen molar-refractivity contribution in [3.05, 3.63) is 41.7 Å². The highest BCUT2D eigenvalue weighted by molar-refractivity contribution is 7.15. The SMILES string of the molecule is CN(c1nnc(C2C=CC(n3cccn3)=CC2(C)C)s1)C1CC(C)(C)NC(C)(C)C1. The maximum Gasteiger partial charge on any atom is 0.208 e. The van der Waals surface area contributed by atoms with E-state index in [0.29, 0.717) is 6.04 Å². The molecule has 1 fully saturated rings. The van der Waals surface area contributed by atoms with E-state index in [1.54, 1.807) is 11.3 Å². The van der Waals surface area contributed by atoms with Crippen molar-refractivity contribution < 1.29 is 0 Å². The summed E-state index contributed by atoms with van der Waals surface area (Å²) in [6, 6.07) is 2.39. The summed E-state index contributed by atoms with van der Waals surface area (Å²) in [7, 11) is 2.17. The summed E-state index contributed by atoms with van der Waals surface area (Å²) < 4.78 is 1.91. The molecule has 162 valence electrons. The highest BCUT2D eigenvalue weighted by Gasteiger charge is 2.40. The van der Waals surface area contributed by atoms with Crippen molar-refractivity contribution >= 4 is 22.2 Å². The van der Waals surface area contributed by atoms with Gasteiger partial charge in [-0.15, -0.1) is 10.2 Å². The van der Waals surface area contributed by atoms with E-state index < -0.39 is 0 Å². The predicted octanol–water partition coefficient (Wildman–Crippen LogP) is 4.70. The molecule has 2 aromatic rings. The number of allylic oxidation sites excluding steroid dienone is 4. The molecule has 3 heterocycles. The molecule has 1 saturated heterocycles. The summed E-state index contributed by atoms with van der Waals surface area (Å²) in [4.78, 5) is 2.34. The maximum absolute atomic E-state index is 4.62. The number of nitrogens with one attached hydrogen (secondary N) is 1. The highest BCUT2D eigenvalue weighted by atomic mass is 32.1. The van der Waals surface area contributed by atoms with Gasteiger partial charge >= 0.3 is 0 Å². The third-order valence-corrected chi connectivity index (χ3v) is 7.36. The smallest absolute Gasteiger partial charge is 0.208 e. The van der Waals surface area contributed by atoms with E-state index in [1.807, 2.05) is 23.1 Å². The Bertz CT molecular complexity index is 934. The van der Waals surface area contributed by atoms with Crippen molar-refractivity contribution in [3.8, 4) is 0 Å². The molecule has 1 aliphatic carbocycles. The van der Waals surface area contributed by atoms with E-state index in [4.69, 9.17) is 0 Å². The van der Waals surface area contributed by atoms with E-state index in [2.05, 4.69) is 92.3 Å². The van der Waals surface area contributed by atoms with Crippen LogP contribution in [-0.2, 0) is 0 Å². The van der Waals surface area contributed by atoms with Crippen LogP contribution in [0.5, 0.6) is 0 Å². The molecule has 1 aliphatic heterocycles. The number of rotatable bonds is 4. The van der Waals surface area contributed by atoms with Crippen molar-refractivity contribution in [2.45, 2.75) is 77.4 Å². The lowest BCUT2D eigenvalue weighted by Gasteiger charge is -2.48. The van der Waals surface area contributed by atoms with Crippen LogP contribution >= 0.6 is 11.3 Å². The van der Waals surface area contributed by atoms with Gasteiger partial charge in [0.05, 0.1) is 5.70 Å². The first kappa shape index (κ1) is 21.2. The van der Waals surface area contributed by atoms with Crippen LogP contribution in [-0.4, -0.2) is 44.1 Å². The number of hydrogen-bond acceptors (Lipinski definition) is 6. The standard InChI is InChI=1S/C23H34N6S/c1-21(2)13-16(29-12-8-11-24-29)9-10-18(21)19-25-26-20(30-19)28(7)17-14-22(3,4)27-23(5,6)15-17/h8-13,17-18,27H,14-15H2,1-7H3. The minimum absolute atomic E-state index is 0.0653. The zero-order valence-electron chi connectivity index (χ0n) is 19.2. The van der Waals surface area contributed by atoms with Crippen LogP contribution in [0.1, 0.15) is 65.3 Å². The van der Waals surface area contributed by atoms with Crippen molar-refractivity contribution in [1.29, 1.82) is 0 Å². The van der Waals surface area contributed by atoms with E-state index in [-0.39, 0.29) is 22.4 Å². The van der Waals surface area contributed by atoms with Crippen LogP contribution in [0.3, 0.4) is 0 Å². The molecule has 1 N–H and O–H groups in total. The lowest BCUT2D eigenvalue weighted by Crippen LogP contribution is -2.61. The Labute approximate surface area is 184 Å². The maximum atomic E-state index is 4.62. The summed E-state index contributed by atoms with van der Waals surface area (Å²) in [6.07, 6.45) is 12.6. The molecule has 0 saturated carbocycles. The molecule has 30 heavy (non-hydrogen) atoms. The minimum atomic E-state index is -0.0653. The van der Waals surface area contributed by atoms with Gasteiger partial charge in [0.15, 0.2) is 0 Å². The first-order valence-corrected chi connectivity index (χ1v) is 11.5. The second-order valence-corrected chi connectivity index (χ2v) is 11.7. The fourth-order valence-corrected chi connectivity index (χ4v) is 6.27. The van der Waals surface area contributed by atoms with Gasteiger partial charge in [-0.25, -0.2) is 4.68 Å². The Hall–Kier alpha value is -1.99. The van der Waals surface area contributed by atoms with Crippen molar-refractivity contribution in [1.82, 2.24) is 25.3 Å². The minimum Gasteiger partial charge on any atom is -0.347 e. The molecule has 0 amide bonds. The zero-order valence-corrected chi connectivity index (χ0v) is 20.0. The van der Waals surface area contributed by atoms with Gasteiger partial charge in [-0.05, 0) is 58.1 Å². The molecule has 6 nitrogen and oxygen atoms in total. The number of aromatic nitrogens is 4. The van der Waals surface area contributed by atoms with Gasteiger partial charge in [0, 0.05) is 42.5 Å². The molecule has 4 rings (SSSR count). The highest BCUT2D eigenvalue weighted by Crippen LogP contribution is 2.44. The van der Waals surface area contributed by atoms with Gasteiger partial charge in [0.25, 0.3) is 0 Å². The lowest BCUT2D eigenvalue weighted by atomic mass is 9.75. The van der Waals surface area contributed by atoms with Gasteiger partial charge < -0.3 is 10.2 Å². The Morgan fingerprint density at radius 1 is 1.10 bits per heavy atom. The van der Waals surface area contributed by atoms with E-state index in [0.717, 1.165) is 28.7 Å². The zero-order chi connectivity index (χ0) is 21.7. The van der Waals surface area contributed by atoms with Crippen molar-refractivity contribution in [2.75, 3.05) is 11.9 Å². The fraction of sp³-hybridized carbons (Fsp3) is 0.609. The van der Waals surface area contributed by atoms with Gasteiger partial charge in [-0.3, -0.25) is 0 Å². The molecule has 0 radical (unpaired) electrons. The molecule has 2 aliphatic rings. The number of nitrogens with zero attached hydrogens (tertiary/aromatic N) is 5. The second-order valence-electron chi connectivity index (χ2n) is 10.7. The third kappa shape index (κ3) is 4.23. The predicted molar refractivity (Wildman–Crippen MR) is 125 cm³/mol. The van der Waals surface area contributed by atoms with Crippen LogP contribution in [0.4, 0.5) is 5.13 Å². The molecule has 0 bridgehead atoms. The molecule has 1 atom stereocenters. The number of piperidine rings is 1. The van der Waals surface area contributed by atoms with Gasteiger partial charge in [-0.2, -0.15) is 5.10 Å². The average molecular weight is 427 g/mol. The van der Waals surface area contributed by atoms with Crippen LogP contribution in [0, 0.1) is 5.41 Å². The molecular weight excluding hydrogens is 392 g/mol. The van der Waals surface area contributed by atoms with E-state index in [9.17, 15) is 0 Å². The quantitative estimate of drug-likeness (QED) is 0.768. The van der Waals surface area contributed by atoms with Crippen molar-refractivity contribution in [2.24, 2.45) is 5.41 Å². The third-order valence-electron chi connectivity index (χ3n) is 6.26. The van der Waals surface area contributed by atoms with Gasteiger partial charge in [-0.1, -0.05) is 37.3 Å². The Morgan fingerprint density at radius 2 is 1.80 bits per heavy atom. The summed E-state index contributed by atoms with van der Waals surface area (Å²) in [5.74, 6) is 0.206. The molecule has 0 aromatic carbocycles. The van der Waals surface area contributed by atoms with Gasteiger partial charge in [0.1, 0.15) is 5.01 Å². The van der Waals surface area contributed by atoms with Crippen LogP contribution in [0.15, 0.2) is 36.7 Å². The fourth-order valence-electron chi connectivity index (χ4n) is 5.12. The average Bonchev–Trinajstić information content (AvgIpc) is 3.29. The normalized spacial score (nSPS) is 25.2. The molecule has 7 heteroatoms. The summed E-state index contributed by atoms with van der Waals surface area (Å²) in [5.41, 5.74) is 1.25. The van der Waals surface area contributed by atoms with Crippen LogP contribution in [0.2, 0.25) is 0 Å². The number of anilines is 1. The van der Waals surface area contributed by atoms with E-state index >= 15 is 0 Å². The van der Waals surface area contributed by atoms with Gasteiger partial charge in [0.2, 0.25) is 5.13 Å². The first-order valence-electron chi connectivity index (χ1n) is 10.7. The Morgan fingerprint density at radius 3 is 2.40 bits per heavy atom. The molecular formula is C23H34N6S. The monoisotopic (exact) mass is 426 g/mol. The lowest BCUT2D eigenvalue weighted by molar-refractivity contribution is 0.161. The van der Waals surface area contributed by atoms with Crippen molar-refractivity contribution in [3.63, 3.8) is 0 Å². The summed E-state index contributed by atoms with van der Waals surface area (Å²) in [5, 5.41) is 19.4. The van der Waals surface area contributed by atoms with E-state index in [1.165, 1.54) is 0 Å². The molecule has 0 spiro atoms. The van der Waals surface area contributed by atoms with Crippen LogP contribution < -0.4 is 10.2 Å². The second kappa shape index (κ2) is 7.31. The summed E-state index contributed by atoms with van der Waals surface area (Å²) in [6.45, 7) is 13.7.